The van der Waals surface area contributed by atoms with Gasteiger partial charge in [0.15, 0.2) is 0 Å². The van der Waals surface area contributed by atoms with Crippen molar-refractivity contribution in [3.05, 3.63) is 53.1 Å². The summed E-state index contributed by atoms with van der Waals surface area (Å²) in [5.41, 5.74) is -0.377. The van der Waals surface area contributed by atoms with Gasteiger partial charge in [-0.05, 0) is 19.3 Å². The lowest BCUT2D eigenvalue weighted by Gasteiger charge is -2.55. The molecule has 0 bridgehead atoms. The fourth-order valence-corrected chi connectivity index (χ4v) is 5.03. The third kappa shape index (κ3) is 3.67. The Hall–Kier alpha value is -2.67. The van der Waals surface area contributed by atoms with E-state index in [1.165, 1.54) is 21.9 Å². The van der Waals surface area contributed by atoms with Gasteiger partial charge in [-0.1, -0.05) is 49.6 Å². The lowest BCUT2D eigenvalue weighted by molar-refractivity contribution is -0.154. The number of hydrogen-bond donors (Lipinski definition) is 2. The zero-order valence-electron chi connectivity index (χ0n) is 16.5. The molecule has 1 aliphatic carbocycles. The number of hydrogen-bond acceptors (Lipinski definition) is 4. The SMILES string of the molecule is O=C(O)N1CCC(O)(Cn2cnc(-c3ccccc3)cc2=O)C2(CCCCC2)C1. The molecule has 1 saturated carbocycles. The highest BCUT2D eigenvalue weighted by Crippen LogP contribution is 2.50. The van der Waals surface area contributed by atoms with Gasteiger partial charge in [-0.25, -0.2) is 9.78 Å². The zero-order chi connectivity index (χ0) is 20.5. The molecule has 29 heavy (non-hydrogen) atoms. The van der Waals surface area contributed by atoms with Crippen molar-refractivity contribution >= 4 is 6.09 Å². The van der Waals surface area contributed by atoms with Crippen LogP contribution in [0, 0.1) is 5.41 Å². The number of carbonyl (C=O) groups is 1. The first-order valence-corrected chi connectivity index (χ1v) is 10.2. The molecule has 1 atom stereocenters. The van der Waals surface area contributed by atoms with E-state index in [1.54, 1.807) is 0 Å². The molecular weight excluding hydrogens is 370 g/mol. The van der Waals surface area contributed by atoms with E-state index in [2.05, 4.69) is 4.98 Å². The van der Waals surface area contributed by atoms with E-state index in [1.807, 2.05) is 30.3 Å². The van der Waals surface area contributed by atoms with Gasteiger partial charge >= 0.3 is 6.09 Å². The summed E-state index contributed by atoms with van der Waals surface area (Å²) >= 11 is 0. The number of rotatable bonds is 3. The Morgan fingerprint density at radius 1 is 1.10 bits per heavy atom. The highest BCUT2D eigenvalue weighted by atomic mass is 16.4. The van der Waals surface area contributed by atoms with Crippen molar-refractivity contribution in [2.45, 2.75) is 50.7 Å². The third-order valence-corrected chi connectivity index (χ3v) is 6.74. The van der Waals surface area contributed by atoms with Crippen molar-refractivity contribution in [3.63, 3.8) is 0 Å². The summed E-state index contributed by atoms with van der Waals surface area (Å²) in [5, 5.41) is 21.2. The molecule has 1 aliphatic heterocycles. The number of benzene rings is 1. The standard InChI is InChI=1S/C22H27N3O4/c26-19-13-18(17-7-3-1-4-8-17)23-16-25(19)15-22(29)11-12-24(20(27)28)14-21(22)9-5-2-6-10-21/h1,3-4,7-8,13,16,29H,2,5-6,9-12,14-15H2,(H,27,28). The summed E-state index contributed by atoms with van der Waals surface area (Å²) in [6, 6.07) is 11.0. The summed E-state index contributed by atoms with van der Waals surface area (Å²) in [7, 11) is 0. The van der Waals surface area contributed by atoms with Gasteiger partial charge in [-0.15, -0.1) is 0 Å². The average Bonchev–Trinajstić information content (AvgIpc) is 2.73. The molecule has 2 N–H and O–H groups in total. The van der Waals surface area contributed by atoms with Crippen LogP contribution in [-0.4, -0.2) is 49.4 Å². The normalized spacial score (nSPS) is 23.8. The molecule has 154 valence electrons. The average molecular weight is 397 g/mol. The molecule has 2 fully saturated rings. The Morgan fingerprint density at radius 3 is 2.48 bits per heavy atom. The van der Waals surface area contributed by atoms with Gasteiger partial charge in [0.1, 0.15) is 0 Å². The number of amides is 1. The van der Waals surface area contributed by atoms with E-state index < -0.39 is 17.1 Å². The molecule has 1 saturated heterocycles. The third-order valence-electron chi connectivity index (χ3n) is 6.74. The quantitative estimate of drug-likeness (QED) is 0.830. The van der Waals surface area contributed by atoms with Crippen LogP contribution in [-0.2, 0) is 6.54 Å². The summed E-state index contributed by atoms with van der Waals surface area (Å²) < 4.78 is 1.47. The van der Waals surface area contributed by atoms with Crippen LogP contribution >= 0.6 is 0 Å². The number of aliphatic hydroxyl groups is 1. The van der Waals surface area contributed by atoms with E-state index >= 15 is 0 Å². The first-order chi connectivity index (χ1) is 13.9. The van der Waals surface area contributed by atoms with Crippen molar-refractivity contribution in [3.8, 4) is 11.3 Å². The van der Waals surface area contributed by atoms with Gasteiger partial charge in [0.25, 0.3) is 5.56 Å². The Balaban J connectivity index is 1.63. The summed E-state index contributed by atoms with van der Waals surface area (Å²) in [5.74, 6) is 0. The lowest BCUT2D eigenvalue weighted by atomic mass is 9.60. The highest BCUT2D eigenvalue weighted by Gasteiger charge is 2.54. The van der Waals surface area contributed by atoms with Crippen LogP contribution in [0.3, 0.4) is 0 Å². The maximum Gasteiger partial charge on any atom is 0.407 e. The second-order valence-corrected chi connectivity index (χ2v) is 8.43. The number of aromatic nitrogens is 2. The minimum atomic E-state index is -1.13. The topological polar surface area (TPSA) is 95.7 Å². The number of likely N-dealkylation sites (tertiary alicyclic amines) is 1. The van der Waals surface area contributed by atoms with E-state index in [-0.39, 0.29) is 18.6 Å². The second-order valence-electron chi connectivity index (χ2n) is 8.43. The van der Waals surface area contributed by atoms with Crippen LogP contribution in [0.4, 0.5) is 4.79 Å². The Kier molecular flexibility index (Phi) is 5.17. The summed E-state index contributed by atoms with van der Waals surface area (Å²) in [6.45, 7) is 0.738. The van der Waals surface area contributed by atoms with Crippen molar-refractivity contribution in [1.29, 1.82) is 0 Å². The van der Waals surface area contributed by atoms with Gasteiger partial charge in [0, 0.05) is 30.1 Å². The summed E-state index contributed by atoms with van der Waals surface area (Å²) in [6.07, 6.45) is 5.47. The number of piperidine rings is 1. The molecule has 1 spiro atoms. The molecular formula is C22H27N3O4. The van der Waals surface area contributed by atoms with Crippen molar-refractivity contribution in [2.75, 3.05) is 13.1 Å². The van der Waals surface area contributed by atoms with Gasteiger partial charge in [-0.3, -0.25) is 9.36 Å². The smallest absolute Gasteiger partial charge is 0.407 e. The summed E-state index contributed by atoms with van der Waals surface area (Å²) in [4.78, 5) is 30.2. The van der Waals surface area contributed by atoms with E-state index in [9.17, 15) is 19.8 Å². The molecule has 7 heteroatoms. The largest absolute Gasteiger partial charge is 0.465 e. The monoisotopic (exact) mass is 397 g/mol. The van der Waals surface area contributed by atoms with E-state index in [0.29, 0.717) is 18.7 Å². The molecule has 1 unspecified atom stereocenters. The molecule has 1 aromatic carbocycles. The van der Waals surface area contributed by atoms with E-state index in [0.717, 1.165) is 37.7 Å². The maximum absolute atomic E-state index is 12.8. The molecule has 1 aromatic heterocycles. The fraction of sp³-hybridized carbons (Fsp3) is 0.500. The van der Waals surface area contributed by atoms with Crippen LogP contribution in [0.25, 0.3) is 11.3 Å². The van der Waals surface area contributed by atoms with Crippen molar-refractivity contribution in [1.82, 2.24) is 14.5 Å². The van der Waals surface area contributed by atoms with Gasteiger partial charge < -0.3 is 15.1 Å². The molecule has 4 rings (SSSR count). The maximum atomic E-state index is 12.8. The van der Waals surface area contributed by atoms with Crippen molar-refractivity contribution in [2.24, 2.45) is 5.41 Å². The Morgan fingerprint density at radius 2 is 1.83 bits per heavy atom. The molecule has 2 heterocycles. The number of carboxylic acid groups (broad SMARTS) is 1. The first kappa shape index (κ1) is 19.6. The molecule has 0 radical (unpaired) electrons. The zero-order valence-corrected chi connectivity index (χ0v) is 16.5. The second kappa shape index (κ2) is 7.63. The Labute approximate surface area is 169 Å². The van der Waals surface area contributed by atoms with Gasteiger partial charge in [-0.2, -0.15) is 0 Å². The molecule has 2 aromatic rings. The van der Waals surface area contributed by atoms with E-state index in [4.69, 9.17) is 0 Å². The minimum Gasteiger partial charge on any atom is -0.465 e. The van der Waals surface area contributed by atoms with Crippen LogP contribution < -0.4 is 5.56 Å². The lowest BCUT2D eigenvalue weighted by Crippen LogP contribution is -2.63. The van der Waals surface area contributed by atoms with Gasteiger partial charge in [0.05, 0.1) is 24.2 Å². The minimum absolute atomic E-state index is 0.140. The van der Waals surface area contributed by atoms with Gasteiger partial charge in [0.2, 0.25) is 0 Å². The Bertz CT molecular complexity index is 937. The number of nitrogens with zero attached hydrogens (tertiary/aromatic N) is 3. The predicted molar refractivity (Wildman–Crippen MR) is 109 cm³/mol. The molecule has 1 amide bonds. The highest BCUT2D eigenvalue weighted by molar-refractivity contribution is 5.65. The van der Waals surface area contributed by atoms with Crippen molar-refractivity contribution < 1.29 is 15.0 Å². The van der Waals surface area contributed by atoms with Crippen LogP contribution in [0.2, 0.25) is 0 Å². The van der Waals surface area contributed by atoms with Crippen LogP contribution in [0.15, 0.2) is 47.5 Å². The van der Waals surface area contributed by atoms with Crippen LogP contribution in [0.5, 0.6) is 0 Å². The molecule has 7 nitrogen and oxygen atoms in total. The fourth-order valence-electron chi connectivity index (χ4n) is 5.03. The predicted octanol–water partition coefficient (Wildman–Crippen LogP) is 2.98. The first-order valence-electron chi connectivity index (χ1n) is 10.2. The van der Waals surface area contributed by atoms with Crippen LogP contribution in [0.1, 0.15) is 38.5 Å². The molecule has 2 aliphatic rings.